The van der Waals surface area contributed by atoms with Crippen LogP contribution in [0.4, 0.5) is 0 Å². The molecule has 0 aromatic heterocycles. The van der Waals surface area contributed by atoms with Gasteiger partial charge in [-0.2, -0.15) is 0 Å². The molecule has 8 nitrogen and oxygen atoms in total. The normalized spacial score (nSPS) is 10.7. The van der Waals surface area contributed by atoms with Crippen molar-refractivity contribution in [3.05, 3.63) is 0 Å². The summed E-state index contributed by atoms with van der Waals surface area (Å²) in [5.74, 6) is -1.70. The molecular weight excluding hydrogens is 150 g/mol. The van der Waals surface area contributed by atoms with Crippen molar-refractivity contribution >= 4 is 17.9 Å². The summed E-state index contributed by atoms with van der Waals surface area (Å²) in [5, 5.41) is 24.3. The van der Waals surface area contributed by atoms with Gasteiger partial charge in [0.25, 0.3) is 0 Å². The van der Waals surface area contributed by atoms with Crippen LogP contribution in [0, 0.1) is 10.8 Å². The van der Waals surface area contributed by atoms with E-state index in [0.29, 0.717) is 4.90 Å². The Balaban J connectivity index is 4.62. The van der Waals surface area contributed by atoms with Gasteiger partial charge in [-0.3, -0.25) is 10.8 Å². The molecule has 0 aliphatic heterocycles. The minimum Gasteiger partial charge on any atom is -0.408 e. The first-order chi connectivity index (χ1) is 5.00. The average Bonchev–Trinajstić information content (AvgIpc) is 1.85. The van der Waals surface area contributed by atoms with E-state index in [1.54, 1.807) is 0 Å². The summed E-state index contributed by atoms with van der Waals surface area (Å²) in [6, 6.07) is 0. The lowest BCUT2D eigenvalue weighted by molar-refractivity contribution is 0.313. The van der Waals surface area contributed by atoms with Gasteiger partial charge in [0, 0.05) is 0 Å². The molecule has 0 saturated heterocycles. The molecule has 0 radical (unpaired) electrons. The van der Waals surface area contributed by atoms with Gasteiger partial charge in [0.05, 0.1) is 0 Å². The Bertz CT molecular complexity index is 194. The van der Waals surface area contributed by atoms with Crippen molar-refractivity contribution in [3.8, 4) is 0 Å². The third-order valence-corrected chi connectivity index (χ3v) is 0.813. The van der Waals surface area contributed by atoms with Crippen LogP contribution in [-0.2, 0) is 0 Å². The Kier molecular flexibility index (Phi) is 2.66. The first-order valence-corrected chi connectivity index (χ1v) is 2.46. The summed E-state index contributed by atoms with van der Waals surface area (Å²) in [5.41, 5.74) is 14.9. The molecule has 0 saturated carbocycles. The van der Waals surface area contributed by atoms with E-state index in [2.05, 4.69) is 5.16 Å². The molecule has 0 bridgehead atoms. The van der Waals surface area contributed by atoms with E-state index in [1.807, 2.05) is 0 Å². The van der Waals surface area contributed by atoms with Crippen LogP contribution in [0.2, 0.25) is 0 Å². The van der Waals surface area contributed by atoms with Crippen LogP contribution < -0.4 is 17.2 Å². The molecule has 0 fully saturated rings. The number of nitrogens with zero attached hydrogens (tertiary/aromatic N) is 2. The van der Waals surface area contributed by atoms with Crippen molar-refractivity contribution in [3.63, 3.8) is 0 Å². The fourth-order valence-corrected chi connectivity index (χ4v) is 0.421. The predicted octanol–water partition coefficient (Wildman–Crippen LogP) is -2.22. The van der Waals surface area contributed by atoms with Crippen molar-refractivity contribution in [1.82, 2.24) is 4.90 Å². The first-order valence-electron chi connectivity index (χ1n) is 2.46. The van der Waals surface area contributed by atoms with Crippen molar-refractivity contribution in [2.45, 2.75) is 0 Å². The number of rotatable bonds is 0. The molecule has 0 heterocycles. The summed E-state index contributed by atoms with van der Waals surface area (Å²) in [6.07, 6.45) is 0. The van der Waals surface area contributed by atoms with Crippen LogP contribution in [-0.4, -0.2) is 28.0 Å². The first kappa shape index (κ1) is 9.01. The average molecular weight is 159 g/mol. The Morgan fingerprint density at radius 2 is 1.55 bits per heavy atom. The van der Waals surface area contributed by atoms with E-state index >= 15 is 0 Å². The van der Waals surface area contributed by atoms with Crippen LogP contribution in [0.15, 0.2) is 5.16 Å². The van der Waals surface area contributed by atoms with Crippen LogP contribution in [0.3, 0.4) is 0 Å². The number of hydrogen-bond donors (Lipinski definition) is 6. The van der Waals surface area contributed by atoms with E-state index < -0.39 is 17.9 Å². The van der Waals surface area contributed by atoms with Gasteiger partial charge in [-0.15, -0.1) is 0 Å². The lowest BCUT2D eigenvalue weighted by atomic mass is 10.7. The maximum atomic E-state index is 8.12. The summed E-state index contributed by atoms with van der Waals surface area (Å²) < 4.78 is 0. The largest absolute Gasteiger partial charge is 0.408 e. The number of hydrogen-bond acceptors (Lipinski definition) is 4. The highest BCUT2D eigenvalue weighted by Crippen LogP contribution is 1.82. The molecule has 0 unspecified atom stereocenters. The van der Waals surface area contributed by atoms with Gasteiger partial charge in [0.15, 0.2) is 0 Å². The van der Waals surface area contributed by atoms with Crippen molar-refractivity contribution in [2.75, 3.05) is 0 Å². The molecule has 0 amide bonds. The highest BCUT2D eigenvalue weighted by molar-refractivity contribution is 6.10. The second-order valence-electron chi connectivity index (χ2n) is 1.56. The monoisotopic (exact) mass is 159 g/mol. The molecule has 0 aromatic rings. The minimum absolute atomic E-state index is 0.523. The topological polar surface area (TPSA) is 162 Å². The Labute approximate surface area is 62.3 Å². The van der Waals surface area contributed by atoms with Gasteiger partial charge in [0.1, 0.15) is 0 Å². The maximum absolute atomic E-state index is 8.12. The number of guanidine groups is 3. The predicted molar refractivity (Wildman–Crippen MR) is 39.1 cm³/mol. The standard InChI is InChI=1S/C3H9N7O/c4-1(5)10(2(6)7)3(8)9-11/h11H,(H3,4,5)(H3,6,7)(H2,8,9). The van der Waals surface area contributed by atoms with Gasteiger partial charge in [0.2, 0.25) is 17.9 Å². The van der Waals surface area contributed by atoms with Crippen molar-refractivity contribution in [1.29, 1.82) is 10.8 Å². The molecule has 0 rings (SSSR count). The maximum Gasteiger partial charge on any atom is 0.247 e. The number of nitrogens with two attached hydrogens (primary N) is 3. The van der Waals surface area contributed by atoms with E-state index in [9.17, 15) is 0 Å². The molecular formula is C3H9N7O. The third kappa shape index (κ3) is 2.01. The van der Waals surface area contributed by atoms with Crippen LogP contribution in [0.25, 0.3) is 0 Å². The zero-order valence-electron chi connectivity index (χ0n) is 5.57. The smallest absolute Gasteiger partial charge is 0.247 e. The quantitative estimate of drug-likeness (QED) is 0.102. The van der Waals surface area contributed by atoms with Crippen LogP contribution in [0.5, 0.6) is 0 Å². The summed E-state index contributed by atoms with van der Waals surface area (Å²) in [7, 11) is 0. The third-order valence-electron chi connectivity index (χ3n) is 0.813. The molecule has 8 heteroatoms. The van der Waals surface area contributed by atoms with E-state index in [1.165, 1.54) is 0 Å². The van der Waals surface area contributed by atoms with Crippen LogP contribution >= 0.6 is 0 Å². The minimum atomic E-state index is -0.590. The van der Waals surface area contributed by atoms with E-state index in [4.69, 9.17) is 33.2 Å². The lowest BCUT2D eigenvalue weighted by Crippen LogP contribution is -2.51. The molecule has 0 atom stereocenters. The van der Waals surface area contributed by atoms with Gasteiger partial charge >= 0.3 is 0 Å². The molecule has 0 aliphatic carbocycles. The van der Waals surface area contributed by atoms with E-state index in [-0.39, 0.29) is 0 Å². The second-order valence-corrected chi connectivity index (χ2v) is 1.56. The highest BCUT2D eigenvalue weighted by Gasteiger charge is 2.13. The van der Waals surface area contributed by atoms with Crippen molar-refractivity contribution < 1.29 is 5.21 Å². The highest BCUT2D eigenvalue weighted by atomic mass is 16.4. The molecule has 9 N–H and O–H groups in total. The van der Waals surface area contributed by atoms with Crippen LogP contribution in [0.1, 0.15) is 0 Å². The fraction of sp³-hybridized carbons (Fsp3) is 0. The number of oxime groups is 1. The van der Waals surface area contributed by atoms with Gasteiger partial charge in [-0.05, 0) is 0 Å². The molecule has 0 spiro atoms. The Morgan fingerprint density at radius 1 is 1.18 bits per heavy atom. The van der Waals surface area contributed by atoms with Gasteiger partial charge < -0.3 is 22.4 Å². The summed E-state index contributed by atoms with van der Waals surface area (Å²) in [6.45, 7) is 0. The van der Waals surface area contributed by atoms with Gasteiger partial charge in [-0.1, -0.05) is 5.16 Å². The molecule has 11 heavy (non-hydrogen) atoms. The van der Waals surface area contributed by atoms with E-state index in [0.717, 1.165) is 0 Å². The Hall–Kier alpha value is -1.99. The summed E-state index contributed by atoms with van der Waals surface area (Å²) >= 11 is 0. The summed E-state index contributed by atoms with van der Waals surface area (Å²) in [4.78, 5) is 0.556. The number of nitrogens with one attached hydrogen (secondary N) is 2. The second kappa shape index (κ2) is 3.25. The zero-order chi connectivity index (χ0) is 9.02. The fourth-order valence-electron chi connectivity index (χ4n) is 0.421. The molecule has 0 aliphatic rings. The zero-order valence-corrected chi connectivity index (χ0v) is 5.57. The Morgan fingerprint density at radius 3 is 1.64 bits per heavy atom. The van der Waals surface area contributed by atoms with Crippen molar-refractivity contribution in [2.24, 2.45) is 22.4 Å². The molecule has 62 valence electrons. The SMILES string of the molecule is N=C(N)N(C(=N)N)C(N)=NO. The van der Waals surface area contributed by atoms with Gasteiger partial charge in [-0.25, -0.2) is 4.90 Å². The molecule has 0 aromatic carbocycles. The lowest BCUT2D eigenvalue weighted by Gasteiger charge is -2.16.